The largest absolute Gasteiger partial charge is 0.496 e. The quantitative estimate of drug-likeness (QED) is 0.873. The van der Waals surface area contributed by atoms with Gasteiger partial charge in [0.25, 0.3) is 5.91 Å². The molecule has 0 bridgehead atoms. The van der Waals surface area contributed by atoms with E-state index in [0.29, 0.717) is 5.56 Å². The smallest absolute Gasteiger partial charge is 0.251 e. The first kappa shape index (κ1) is 16.8. The van der Waals surface area contributed by atoms with Gasteiger partial charge in [0, 0.05) is 17.2 Å². The van der Waals surface area contributed by atoms with Gasteiger partial charge in [-0.1, -0.05) is 42.5 Å². The van der Waals surface area contributed by atoms with Crippen LogP contribution in [-0.4, -0.2) is 19.1 Å². The van der Waals surface area contributed by atoms with Crippen molar-refractivity contribution in [3.63, 3.8) is 0 Å². The molecule has 120 valence electrons. The van der Waals surface area contributed by atoms with E-state index >= 15 is 0 Å². The summed E-state index contributed by atoms with van der Waals surface area (Å²) in [6, 6.07) is 15.8. The van der Waals surface area contributed by atoms with Gasteiger partial charge in [0.05, 0.1) is 7.11 Å². The molecule has 1 N–H and O–H groups in total. The lowest BCUT2D eigenvalue weighted by molar-refractivity contribution is 0.0943. The van der Waals surface area contributed by atoms with Crippen molar-refractivity contribution in [1.82, 2.24) is 5.32 Å². The highest BCUT2D eigenvalue weighted by molar-refractivity contribution is 5.95. The SMILES string of the molecule is COc1ccc(C(=O)NC(C)C)cc1/C=C/Cc1ccccc1. The minimum absolute atomic E-state index is 0.0691. The van der Waals surface area contributed by atoms with Gasteiger partial charge in [-0.3, -0.25) is 4.79 Å². The first-order chi connectivity index (χ1) is 11.1. The van der Waals surface area contributed by atoms with Gasteiger partial charge in [0.2, 0.25) is 0 Å². The van der Waals surface area contributed by atoms with Gasteiger partial charge < -0.3 is 10.1 Å². The molecule has 1 amide bonds. The normalized spacial score (nSPS) is 11.0. The second-order valence-electron chi connectivity index (χ2n) is 5.68. The van der Waals surface area contributed by atoms with Crippen LogP contribution in [0.15, 0.2) is 54.6 Å². The summed E-state index contributed by atoms with van der Waals surface area (Å²) in [7, 11) is 1.64. The number of carbonyl (C=O) groups excluding carboxylic acids is 1. The third kappa shape index (κ3) is 4.99. The minimum atomic E-state index is -0.0691. The first-order valence-corrected chi connectivity index (χ1v) is 7.79. The topological polar surface area (TPSA) is 38.3 Å². The Balaban J connectivity index is 2.17. The van der Waals surface area contributed by atoms with E-state index in [9.17, 15) is 4.79 Å². The van der Waals surface area contributed by atoms with Crippen molar-refractivity contribution in [2.24, 2.45) is 0 Å². The van der Waals surface area contributed by atoms with Gasteiger partial charge in [0.15, 0.2) is 0 Å². The number of carbonyl (C=O) groups is 1. The van der Waals surface area contributed by atoms with Gasteiger partial charge >= 0.3 is 0 Å². The standard InChI is InChI=1S/C20H23NO2/c1-15(2)21-20(22)18-12-13-19(23-3)17(14-18)11-7-10-16-8-5-4-6-9-16/h4-9,11-15H,10H2,1-3H3,(H,21,22)/b11-7+. The van der Waals surface area contributed by atoms with Crippen molar-refractivity contribution < 1.29 is 9.53 Å². The van der Waals surface area contributed by atoms with Crippen LogP contribution in [0.25, 0.3) is 6.08 Å². The maximum Gasteiger partial charge on any atom is 0.251 e. The number of nitrogens with one attached hydrogen (secondary N) is 1. The fourth-order valence-electron chi connectivity index (χ4n) is 2.29. The van der Waals surface area contributed by atoms with Crippen molar-refractivity contribution in [1.29, 1.82) is 0 Å². The predicted molar refractivity (Wildman–Crippen MR) is 94.8 cm³/mol. The number of rotatable bonds is 6. The number of ether oxygens (including phenoxy) is 1. The summed E-state index contributed by atoms with van der Waals surface area (Å²) in [5.74, 6) is 0.691. The molecule has 0 aliphatic carbocycles. The molecule has 3 nitrogen and oxygen atoms in total. The van der Waals surface area contributed by atoms with Crippen LogP contribution in [0.1, 0.15) is 35.3 Å². The van der Waals surface area contributed by atoms with Crippen LogP contribution in [0.2, 0.25) is 0 Å². The first-order valence-electron chi connectivity index (χ1n) is 7.79. The maximum atomic E-state index is 12.1. The van der Waals surface area contributed by atoms with Crippen LogP contribution >= 0.6 is 0 Å². The molecule has 0 aliphatic rings. The highest BCUT2D eigenvalue weighted by Gasteiger charge is 2.09. The lowest BCUT2D eigenvalue weighted by Crippen LogP contribution is -2.30. The van der Waals surface area contributed by atoms with E-state index in [4.69, 9.17) is 4.74 Å². The Bertz CT molecular complexity index is 675. The van der Waals surface area contributed by atoms with Gasteiger partial charge in [-0.2, -0.15) is 0 Å². The molecule has 2 rings (SSSR count). The summed E-state index contributed by atoms with van der Waals surface area (Å²) in [5, 5.41) is 2.90. The van der Waals surface area contributed by atoms with E-state index < -0.39 is 0 Å². The van der Waals surface area contributed by atoms with Crippen molar-refractivity contribution in [2.75, 3.05) is 7.11 Å². The van der Waals surface area contributed by atoms with Gasteiger partial charge in [0.1, 0.15) is 5.75 Å². The highest BCUT2D eigenvalue weighted by Crippen LogP contribution is 2.22. The molecule has 0 saturated carbocycles. The fraction of sp³-hybridized carbons (Fsp3) is 0.250. The number of amides is 1. The minimum Gasteiger partial charge on any atom is -0.496 e. The summed E-state index contributed by atoms with van der Waals surface area (Å²) < 4.78 is 5.38. The van der Waals surface area contributed by atoms with Gasteiger partial charge in [-0.25, -0.2) is 0 Å². The van der Waals surface area contributed by atoms with Crippen molar-refractivity contribution in [2.45, 2.75) is 26.3 Å². The Hall–Kier alpha value is -2.55. The molecule has 23 heavy (non-hydrogen) atoms. The van der Waals surface area contributed by atoms with E-state index in [1.807, 2.05) is 50.3 Å². The van der Waals surface area contributed by atoms with Crippen molar-refractivity contribution >= 4 is 12.0 Å². The van der Waals surface area contributed by atoms with E-state index in [2.05, 4.69) is 23.5 Å². The molecule has 2 aromatic carbocycles. The van der Waals surface area contributed by atoms with Crippen LogP contribution < -0.4 is 10.1 Å². The molecular weight excluding hydrogens is 286 g/mol. The monoisotopic (exact) mass is 309 g/mol. The number of benzene rings is 2. The van der Waals surface area contributed by atoms with Crippen LogP contribution in [0.5, 0.6) is 5.75 Å². The third-order valence-corrected chi connectivity index (χ3v) is 3.41. The van der Waals surface area contributed by atoms with Crippen LogP contribution in [-0.2, 0) is 6.42 Å². The average Bonchev–Trinajstić information content (AvgIpc) is 2.55. The summed E-state index contributed by atoms with van der Waals surface area (Å²) >= 11 is 0. The van der Waals surface area contributed by atoms with Crippen LogP contribution in [0, 0.1) is 0 Å². The summed E-state index contributed by atoms with van der Waals surface area (Å²) in [4.78, 5) is 12.1. The molecule has 0 aliphatic heterocycles. The molecule has 0 radical (unpaired) electrons. The zero-order valence-corrected chi connectivity index (χ0v) is 13.9. The molecule has 2 aromatic rings. The van der Waals surface area contributed by atoms with E-state index in [1.54, 1.807) is 13.2 Å². The molecule has 0 spiro atoms. The average molecular weight is 309 g/mol. The Kier molecular flexibility index (Phi) is 5.98. The second kappa shape index (κ2) is 8.18. The van der Waals surface area contributed by atoms with E-state index in [1.165, 1.54) is 5.56 Å². The van der Waals surface area contributed by atoms with Crippen molar-refractivity contribution in [3.8, 4) is 5.75 Å². The molecule has 0 saturated heterocycles. The Morgan fingerprint density at radius 1 is 1.17 bits per heavy atom. The highest BCUT2D eigenvalue weighted by atomic mass is 16.5. The Labute approximate surface area is 138 Å². The lowest BCUT2D eigenvalue weighted by Gasteiger charge is -2.11. The van der Waals surface area contributed by atoms with Gasteiger partial charge in [-0.05, 0) is 44.0 Å². The number of allylic oxidation sites excluding steroid dienone is 1. The fourth-order valence-corrected chi connectivity index (χ4v) is 2.29. The zero-order chi connectivity index (χ0) is 16.7. The van der Waals surface area contributed by atoms with Gasteiger partial charge in [-0.15, -0.1) is 0 Å². The summed E-state index contributed by atoms with van der Waals surface area (Å²) in [5.41, 5.74) is 2.79. The van der Waals surface area contributed by atoms with Crippen LogP contribution in [0.4, 0.5) is 0 Å². The maximum absolute atomic E-state index is 12.1. The van der Waals surface area contributed by atoms with E-state index in [0.717, 1.165) is 17.7 Å². The molecule has 0 unspecified atom stereocenters. The number of hydrogen-bond acceptors (Lipinski definition) is 2. The molecule has 3 heteroatoms. The third-order valence-electron chi connectivity index (χ3n) is 3.41. The number of methoxy groups -OCH3 is 1. The summed E-state index contributed by atoms with van der Waals surface area (Å²) in [6.45, 7) is 3.89. The lowest BCUT2D eigenvalue weighted by atomic mass is 10.1. The second-order valence-corrected chi connectivity index (χ2v) is 5.68. The molecule has 0 aromatic heterocycles. The zero-order valence-electron chi connectivity index (χ0n) is 13.9. The van der Waals surface area contributed by atoms with Crippen LogP contribution in [0.3, 0.4) is 0 Å². The summed E-state index contributed by atoms with van der Waals surface area (Å²) in [6.07, 6.45) is 4.92. The molecule has 0 atom stereocenters. The molecule has 0 heterocycles. The predicted octanol–water partition coefficient (Wildman–Crippen LogP) is 4.09. The Morgan fingerprint density at radius 2 is 1.91 bits per heavy atom. The molecule has 0 fully saturated rings. The molecular formula is C20H23NO2. The number of hydrogen-bond donors (Lipinski definition) is 1. The Morgan fingerprint density at radius 3 is 2.57 bits per heavy atom. The van der Waals surface area contributed by atoms with Crippen molar-refractivity contribution in [3.05, 3.63) is 71.3 Å². The van der Waals surface area contributed by atoms with E-state index in [-0.39, 0.29) is 11.9 Å².